The van der Waals surface area contributed by atoms with E-state index in [0.717, 1.165) is 6.26 Å². The largest absolute Gasteiger partial charge is 0.453 e. The topological polar surface area (TPSA) is 126 Å². The molecule has 2 N–H and O–H groups in total. The number of fused-ring (bicyclic) bond motifs is 1. The Morgan fingerprint density at radius 1 is 1.14 bits per heavy atom. The normalized spacial score (nSPS) is 12.3. The second kappa shape index (κ2) is 7.29. The molecule has 2 aromatic carbocycles. The third-order valence-corrected chi connectivity index (χ3v) is 5.15. The van der Waals surface area contributed by atoms with Crippen LogP contribution in [0.5, 0.6) is 11.5 Å². The van der Waals surface area contributed by atoms with Gasteiger partial charge >= 0.3 is 0 Å². The Hall–Kier alpha value is -3.84. The van der Waals surface area contributed by atoms with Gasteiger partial charge in [-0.25, -0.2) is 13.4 Å². The fourth-order valence-corrected chi connectivity index (χ4v) is 3.39. The van der Waals surface area contributed by atoms with Crippen LogP contribution in [0.2, 0.25) is 0 Å². The lowest BCUT2D eigenvalue weighted by Gasteiger charge is -2.11. The first-order valence-electron chi connectivity index (χ1n) is 8.43. The van der Waals surface area contributed by atoms with E-state index in [9.17, 15) is 13.7 Å². The quantitative estimate of drug-likeness (QED) is 0.654. The molecule has 0 radical (unpaired) electrons. The molecule has 0 spiro atoms. The summed E-state index contributed by atoms with van der Waals surface area (Å²) in [6, 6.07) is 13.3. The van der Waals surface area contributed by atoms with Gasteiger partial charge in [0.05, 0.1) is 22.2 Å². The molecule has 2 heterocycles. The van der Waals surface area contributed by atoms with Crippen LogP contribution in [0.1, 0.15) is 5.56 Å². The molecule has 0 bridgehead atoms. The number of benzene rings is 2. The summed E-state index contributed by atoms with van der Waals surface area (Å²) >= 11 is 0. The van der Waals surface area contributed by atoms with E-state index in [-0.39, 0.29) is 17.6 Å². The number of sulfone groups is 1. The predicted molar refractivity (Wildman–Crippen MR) is 105 cm³/mol. The zero-order chi connectivity index (χ0) is 20.4. The van der Waals surface area contributed by atoms with Gasteiger partial charge in [0.2, 0.25) is 12.7 Å². The molecule has 0 amide bonds. The Bertz CT molecular complexity index is 1240. The van der Waals surface area contributed by atoms with Crippen molar-refractivity contribution in [2.75, 3.05) is 23.7 Å². The molecule has 0 saturated carbocycles. The number of nitrogens with zero attached hydrogens (tertiary/aromatic N) is 3. The SMILES string of the molecule is CS(=O)(=O)c1cccc(Nc2nccc(Nc3cc(C#N)cc4c3OCO4)n2)c1. The van der Waals surface area contributed by atoms with E-state index in [1.807, 2.05) is 0 Å². The summed E-state index contributed by atoms with van der Waals surface area (Å²) in [5.74, 6) is 1.70. The van der Waals surface area contributed by atoms with E-state index >= 15 is 0 Å². The van der Waals surface area contributed by atoms with Gasteiger partial charge in [0.25, 0.3) is 0 Å². The van der Waals surface area contributed by atoms with Crippen molar-refractivity contribution < 1.29 is 17.9 Å². The second-order valence-electron chi connectivity index (χ2n) is 6.18. The summed E-state index contributed by atoms with van der Waals surface area (Å²) in [6.45, 7) is 0.0755. The van der Waals surface area contributed by atoms with Crippen molar-refractivity contribution >= 4 is 33.0 Å². The maximum atomic E-state index is 11.7. The molecule has 0 unspecified atom stereocenters. The van der Waals surface area contributed by atoms with Gasteiger partial charge < -0.3 is 20.1 Å². The van der Waals surface area contributed by atoms with Crippen molar-refractivity contribution in [3.63, 3.8) is 0 Å². The first-order valence-corrected chi connectivity index (χ1v) is 10.3. The van der Waals surface area contributed by atoms with Crippen LogP contribution in [0.3, 0.4) is 0 Å². The van der Waals surface area contributed by atoms with Crippen LogP contribution in [-0.4, -0.2) is 31.4 Å². The van der Waals surface area contributed by atoms with Crippen molar-refractivity contribution in [1.82, 2.24) is 9.97 Å². The van der Waals surface area contributed by atoms with Gasteiger partial charge in [0, 0.05) is 24.2 Å². The summed E-state index contributed by atoms with van der Waals surface area (Å²) in [6.07, 6.45) is 2.69. The second-order valence-corrected chi connectivity index (χ2v) is 8.20. The van der Waals surface area contributed by atoms with Crippen LogP contribution in [0.15, 0.2) is 53.6 Å². The molecule has 9 nitrogen and oxygen atoms in total. The summed E-state index contributed by atoms with van der Waals surface area (Å²) in [4.78, 5) is 8.72. The minimum absolute atomic E-state index is 0.0755. The molecule has 4 rings (SSSR count). The van der Waals surface area contributed by atoms with Gasteiger partial charge in [-0.15, -0.1) is 0 Å². The summed E-state index contributed by atoms with van der Waals surface area (Å²) in [7, 11) is -3.32. The lowest BCUT2D eigenvalue weighted by molar-refractivity contribution is 0.174. The van der Waals surface area contributed by atoms with Gasteiger partial charge in [-0.3, -0.25) is 0 Å². The van der Waals surface area contributed by atoms with Gasteiger partial charge in [0.1, 0.15) is 5.82 Å². The number of hydrogen-bond acceptors (Lipinski definition) is 9. The molecular formula is C19H15N5O4S. The fraction of sp³-hybridized carbons (Fsp3) is 0.105. The predicted octanol–water partition coefficient (Wildman–Crippen LogP) is 2.97. The molecule has 3 aromatic rings. The van der Waals surface area contributed by atoms with Crippen molar-refractivity contribution in [3.05, 3.63) is 54.2 Å². The highest BCUT2D eigenvalue weighted by atomic mass is 32.2. The van der Waals surface area contributed by atoms with Crippen LogP contribution in [-0.2, 0) is 9.84 Å². The van der Waals surface area contributed by atoms with Crippen LogP contribution in [0.4, 0.5) is 23.1 Å². The Morgan fingerprint density at radius 3 is 2.79 bits per heavy atom. The Kier molecular flexibility index (Phi) is 4.66. The number of rotatable bonds is 5. The maximum absolute atomic E-state index is 11.7. The lowest BCUT2D eigenvalue weighted by atomic mass is 10.2. The van der Waals surface area contributed by atoms with Crippen molar-refractivity contribution in [2.24, 2.45) is 0 Å². The molecule has 29 heavy (non-hydrogen) atoms. The number of anilines is 4. The van der Waals surface area contributed by atoms with Crippen LogP contribution >= 0.6 is 0 Å². The fourth-order valence-electron chi connectivity index (χ4n) is 2.73. The summed E-state index contributed by atoms with van der Waals surface area (Å²) in [5, 5.41) is 15.3. The lowest BCUT2D eigenvalue weighted by Crippen LogP contribution is -2.02. The highest BCUT2D eigenvalue weighted by Crippen LogP contribution is 2.41. The zero-order valence-electron chi connectivity index (χ0n) is 15.2. The average molecular weight is 409 g/mol. The zero-order valence-corrected chi connectivity index (χ0v) is 16.0. The third kappa shape index (κ3) is 4.04. The molecule has 0 aliphatic carbocycles. The smallest absolute Gasteiger partial charge is 0.231 e. The summed E-state index contributed by atoms with van der Waals surface area (Å²) in [5.41, 5.74) is 1.50. The van der Waals surface area contributed by atoms with Gasteiger partial charge in [-0.2, -0.15) is 10.2 Å². The highest BCUT2D eigenvalue weighted by molar-refractivity contribution is 7.90. The monoisotopic (exact) mass is 409 g/mol. The molecule has 0 atom stereocenters. The summed E-state index contributed by atoms with van der Waals surface area (Å²) < 4.78 is 34.3. The van der Waals surface area contributed by atoms with Crippen molar-refractivity contribution in [2.45, 2.75) is 4.90 Å². The van der Waals surface area contributed by atoms with Crippen LogP contribution in [0.25, 0.3) is 0 Å². The van der Waals surface area contributed by atoms with E-state index in [2.05, 4.69) is 26.7 Å². The van der Waals surface area contributed by atoms with Crippen molar-refractivity contribution in [3.8, 4) is 17.6 Å². The van der Waals surface area contributed by atoms with Crippen LogP contribution in [0, 0.1) is 11.3 Å². The number of nitrogens with one attached hydrogen (secondary N) is 2. The Labute approximate surface area is 166 Å². The number of ether oxygens (including phenoxy) is 2. The van der Waals surface area contributed by atoms with Gasteiger partial charge in [0.15, 0.2) is 21.3 Å². The number of hydrogen-bond donors (Lipinski definition) is 2. The average Bonchev–Trinajstić information content (AvgIpc) is 3.17. The van der Waals surface area contributed by atoms with E-state index in [0.29, 0.717) is 34.3 Å². The van der Waals surface area contributed by atoms with E-state index < -0.39 is 9.84 Å². The number of aromatic nitrogens is 2. The van der Waals surface area contributed by atoms with Crippen molar-refractivity contribution in [1.29, 1.82) is 5.26 Å². The van der Waals surface area contributed by atoms with Gasteiger partial charge in [-0.1, -0.05) is 6.07 Å². The molecule has 0 saturated heterocycles. The van der Waals surface area contributed by atoms with E-state index in [1.54, 1.807) is 36.5 Å². The Balaban J connectivity index is 1.60. The van der Waals surface area contributed by atoms with Gasteiger partial charge in [-0.05, 0) is 30.3 Å². The third-order valence-electron chi connectivity index (χ3n) is 4.04. The molecule has 1 aliphatic rings. The molecule has 1 aliphatic heterocycles. The first-order chi connectivity index (χ1) is 13.9. The molecule has 146 valence electrons. The highest BCUT2D eigenvalue weighted by Gasteiger charge is 2.20. The Morgan fingerprint density at radius 2 is 2.00 bits per heavy atom. The van der Waals surface area contributed by atoms with E-state index in [4.69, 9.17) is 9.47 Å². The maximum Gasteiger partial charge on any atom is 0.231 e. The van der Waals surface area contributed by atoms with Crippen LogP contribution < -0.4 is 20.1 Å². The minimum atomic E-state index is -3.32. The standard InChI is InChI=1S/C19H15N5O4S/c1-29(25,26)14-4-2-3-13(9-14)22-19-21-6-5-17(24-19)23-15-7-12(10-20)8-16-18(15)28-11-27-16/h2-9H,11H2,1H3,(H2,21,22,23,24). The minimum Gasteiger partial charge on any atom is -0.453 e. The molecular weight excluding hydrogens is 394 g/mol. The molecule has 1 aromatic heterocycles. The molecule has 0 fully saturated rings. The first kappa shape index (κ1) is 18.5. The molecule has 10 heteroatoms. The van der Waals surface area contributed by atoms with E-state index in [1.165, 1.54) is 12.1 Å². The number of nitriles is 1.